The number of alkyl halides is 3. The minimum Gasteiger partial charge on any atom is -0.475 e. The number of aliphatic carboxylic acids is 1. The predicted molar refractivity (Wildman–Crippen MR) is 106 cm³/mol. The number of halogens is 3. The molecule has 1 aliphatic carbocycles. The zero-order valence-electron chi connectivity index (χ0n) is 17.8. The molecule has 2 aromatic rings. The monoisotopic (exact) mass is 454 g/mol. The molecule has 1 aliphatic heterocycles. The van der Waals surface area contributed by atoms with E-state index in [0.717, 1.165) is 48.3 Å². The first kappa shape index (κ1) is 23.6. The molecule has 2 N–H and O–H groups in total. The Morgan fingerprint density at radius 3 is 2.47 bits per heavy atom. The second-order valence-electron chi connectivity index (χ2n) is 8.05. The van der Waals surface area contributed by atoms with Crippen LogP contribution in [0.15, 0.2) is 18.7 Å². The number of imidazole rings is 1. The van der Waals surface area contributed by atoms with E-state index in [4.69, 9.17) is 9.90 Å². The average Bonchev–Trinajstić information content (AvgIpc) is 3.47. The Balaban J connectivity index is 0.000000360. The maximum absolute atomic E-state index is 12.9. The van der Waals surface area contributed by atoms with Crippen LogP contribution in [-0.4, -0.2) is 60.7 Å². The topological polar surface area (TPSA) is 113 Å². The van der Waals surface area contributed by atoms with Gasteiger partial charge >= 0.3 is 12.1 Å². The smallest absolute Gasteiger partial charge is 0.475 e. The van der Waals surface area contributed by atoms with E-state index in [0.29, 0.717) is 6.54 Å². The van der Waals surface area contributed by atoms with E-state index < -0.39 is 12.1 Å². The van der Waals surface area contributed by atoms with Gasteiger partial charge in [-0.3, -0.25) is 19.7 Å². The van der Waals surface area contributed by atoms with Gasteiger partial charge in [0.05, 0.1) is 47.8 Å². The average molecular weight is 454 g/mol. The van der Waals surface area contributed by atoms with Crippen LogP contribution in [0.3, 0.4) is 0 Å². The predicted octanol–water partition coefficient (Wildman–Crippen LogP) is 1.78. The molecular formula is C20H25F3N6O3. The Hall–Kier alpha value is -3.02. The second-order valence-corrected chi connectivity index (χ2v) is 8.05. The van der Waals surface area contributed by atoms with Crippen molar-refractivity contribution in [1.29, 1.82) is 0 Å². The summed E-state index contributed by atoms with van der Waals surface area (Å²) in [6, 6.07) is 0. The van der Waals surface area contributed by atoms with Gasteiger partial charge in [0.25, 0.3) is 0 Å². The number of hydrogen-bond donors (Lipinski definition) is 2. The highest BCUT2D eigenvalue weighted by Gasteiger charge is 2.38. The van der Waals surface area contributed by atoms with Crippen LogP contribution in [0, 0.1) is 12.8 Å². The Morgan fingerprint density at radius 1 is 1.22 bits per heavy atom. The third kappa shape index (κ3) is 6.25. The molecule has 2 aliphatic rings. The number of carboxylic acids is 1. The van der Waals surface area contributed by atoms with Gasteiger partial charge in [0, 0.05) is 32.9 Å². The second kappa shape index (κ2) is 9.63. The lowest BCUT2D eigenvalue weighted by Crippen LogP contribution is -2.42. The normalized spacial score (nSPS) is 18.3. The lowest BCUT2D eigenvalue weighted by Gasteiger charge is -2.32. The SMILES string of the molecule is Cc1cnc(CNC(=O)C2CN(CC3CC3)Cc3ncn(C)c32)cn1.O=C(O)C(F)(F)F. The summed E-state index contributed by atoms with van der Waals surface area (Å²) < 4.78 is 33.7. The fraction of sp³-hybridized carbons (Fsp3) is 0.550. The van der Waals surface area contributed by atoms with Crippen LogP contribution in [-0.2, 0) is 29.7 Å². The van der Waals surface area contributed by atoms with E-state index in [9.17, 15) is 18.0 Å². The van der Waals surface area contributed by atoms with Gasteiger partial charge in [0.2, 0.25) is 5.91 Å². The number of aryl methyl sites for hydroxylation is 2. The molecule has 1 unspecified atom stereocenters. The van der Waals surface area contributed by atoms with Gasteiger partial charge in [-0.2, -0.15) is 13.2 Å². The number of nitrogens with one attached hydrogen (secondary N) is 1. The zero-order chi connectivity index (χ0) is 23.5. The first-order valence-corrected chi connectivity index (χ1v) is 10.1. The Labute approximate surface area is 182 Å². The number of hydrogen-bond acceptors (Lipinski definition) is 6. The highest BCUT2D eigenvalue weighted by atomic mass is 19.4. The third-order valence-corrected chi connectivity index (χ3v) is 5.26. The van der Waals surface area contributed by atoms with Crippen LogP contribution in [0.1, 0.15) is 41.5 Å². The Morgan fingerprint density at radius 2 is 1.91 bits per heavy atom. The number of nitrogens with zero attached hydrogens (tertiary/aromatic N) is 5. The number of carbonyl (C=O) groups excluding carboxylic acids is 1. The molecule has 0 radical (unpaired) electrons. The van der Waals surface area contributed by atoms with Crippen molar-refractivity contribution in [3.8, 4) is 0 Å². The molecule has 0 aromatic carbocycles. The summed E-state index contributed by atoms with van der Waals surface area (Å²) in [7, 11) is 1.97. The molecule has 1 atom stereocenters. The highest BCUT2D eigenvalue weighted by molar-refractivity contribution is 5.84. The van der Waals surface area contributed by atoms with Gasteiger partial charge in [-0.15, -0.1) is 0 Å². The van der Waals surface area contributed by atoms with E-state index in [1.165, 1.54) is 12.8 Å². The van der Waals surface area contributed by atoms with E-state index in [2.05, 4.69) is 25.2 Å². The molecular weight excluding hydrogens is 429 g/mol. The van der Waals surface area contributed by atoms with Crippen molar-refractivity contribution in [1.82, 2.24) is 29.7 Å². The molecule has 0 bridgehead atoms. The summed E-state index contributed by atoms with van der Waals surface area (Å²) >= 11 is 0. The van der Waals surface area contributed by atoms with Crippen molar-refractivity contribution in [2.45, 2.75) is 44.9 Å². The molecule has 3 heterocycles. The molecule has 174 valence electrons. The third-order valence-electron chi connectivity index (χ3n) is 5.26. The van der Waals surface area contributed by atoms with Crippen molar-refractivity contribution >= 4 is 11.9 Å². The maximum atomic E-state index is 12.9. The van der Waals surface area contributed by atoms with Gasteiger partial charge < -0.3 is 15.0 Å². The van der Waals surface area contributed by atoms with Crippen LogP contribution in [0.5, 0.6) is 0 Å². The molecule has 1 fully saturated rings. The molecule has 0 spiro atoms. The number of amides is 1. The molecule has 0 saturated heterocycles. The van der Waals surface area contributed by atoms with Crippen LogP contribution < -0.4 is 5.32 Å². The largest absolute Gasteiger partial charge is 0.490 e. The summed E-state index contributed by atoms with van der Waals surface area (Å²) in [5.74, 6) is -2.11. The summed E-state index contributed by atoms with van der Waals surface area (Å²) in [6.07, 6.45) is 2.80. The van der Waals surface area contributed by atoms with Crippen LogP contribution in [0.4, 0.5) is 13.2 Å². The van der Waals surface area contributed by atoms with Crippen LogP contribution in [0.25, 0.3) is 0 Å². The maximum Gasteiger partial charge on any atom is 0.490 e. The molecule has 12 heteroatoms. The first-order chi connectivity index (χ1) is 15.0. The zero-order valence-corrected chi connectivity index (χ0v) is 17.8. The van der Waals surface area contributed by atoms with Gasteiger partial charge in [0.15, 0.2) is 0 Å². The van der Waals surface area contributed by atoms with E-state index >= 15 is 0 Å². The van der Waals surface area contributed by atoms with E-state index in [-0.39, 0.29) is 11.8 Å². The van der Waals surface area contributed by atoms with E-state index in [1.54, 1.807) is 12.4 Å². The Bertz CT molecular complexity index is 956. The van der Waals surface area contributed by atoms with Crippen molar-refractivity contribution in [2.24, 2.45) is 13.0 Å². The highest BCUT2D eigenvalue weighted by Crippen LogP contribution is 2.34. The van der Waals surface area contributed by atoms with Gasteiger partial charge in [0.1, 0.15) is 0 Å². The van der Waals surface area contributed by atoms with Crippen molar-refractivity contribution in [3.63, 3.8) is 0 Å². The molecule has 32 heavy (non-hydrogen) atoms. The van der Waals surface area contributed by atoms with Crippen LogP contribution >= 0.6 is 0 Å². The number of carbonyl (C=O) groups is 2. The van der Waals surface area contributed by atoms with Crippen LogP contribution in [0.2, 0.25) is 0 Å². The van der Waals surface area contributed by atoms with E-state index in [1.807, 2.05) is 24.9 Å². The number of rotatable bonds is 5. The lowest BCUT2D eigenvalue weighted by molar-refractivity contribution is -0.192. The molecule has 9 nitrogen and oxygen atoms in total. The summed E-state index contributed by atoms with van der Waals surface area (Å²) in [4.78, 5) is 37.2. The van der Waals surface area contributed by atoms with Crippen molar-refractivity contribution in [2.75, 3.05) is 13.1 Å². The lowest BCUT2D eigenvalue weighted by atomic mass is 9.97. The molecule has 4 rings (SSSR count). The van der Waals surface area contributed by atoms with Crippen molar-refractivity contribution < 1.29 is 27.9 Å². The standard InChI is InChI=1S/C18H24N6O.C2HF3O2/c1-12-5-20-14(6-19-12)7-21-18(25)15-9-24(8-13-3-4-13)10-16-17(15)23(2)11-22-16;3-2(4,5)1(6)7/h5-6,11,13,15H,3-4,7-10H2,1-2H3,(H,21,25);(H,6,7). The number of fused-ring (bicyclic) bond motifs is 1. The summed E-state index contributed by atoms with van der Waals surface area (Å²) in [5.41, 5.74) is 3.72. The first-order valence-electron chi connectivity index (χ1n) is 10.1. The van der Waals surface area contributed by atoms with Crippen molar-refractivity contribution in [3.05, 3.63) is 41.5 Å². The molecule has 2 aromatic heterocycles. The quantitative estimate of drug-likeness (QED) is 0.708. The van der Waals surface area contributed by atoms with Gasteiger partial charge in [-0.1, -0.05) is 0 Å². The summed E-state index contributed by atoms with van der Waals surface area (Å²) in [6.45, 7) is 4.98. The van der Waals surface area contributed by atoms with Gasteiger partial charge in [-0.05, 0) is 25.7 Å². The Kier molecular flexibility index (Phi) is 7.12. The number of carboxylic acid groups (broad SMARTS) is 1. The molecule has 1 amide bonds. The minimum atomic E-state index is -5.08. The fourth-order valence-electron chi connectivity index (χ4n) is 3.50. The van der Waals surface area contributed by atoms with Gasteiger partial charge in [-0.25, -0.2) is 9.78 Å². The number of aromatic nitrogens is 4. The summed E-state index contributed by atoms with van der Waals surface area (Å²) in [5, 5.41) is 10.2. The molecule has 1 saturated carbocycles. The minimum absolute atomic E-state index is 0.0349. The fourth-order valence-corrected chi connectivity index (χ4v) is 3.50.